The average molecular weight is 120 g/mol. The minimum atomic E-state index is 0.737. The molecule has 0 aromatic heterocycles. The summed E-state index contributed by atoms with van der Waals surface area (Å²) in [7, 11) is 1.62. The standard InChI is InChI=1S/C8H8O/c1-7-3-5-8(9-2)6-4-7/h3,6H,1-2H3. The number of rotatable bonds is 1. The Bertz CT molecular complexity index is 176. The molecule has 0 fully saturated rings. The topological polar surface area (TPSA) is 9.23 Å². The van der Waals surface area contributed by atoms with Crippen molar-refractivity contribution in [3.05, 3.63) is 29.8 Å². The molecule has 0 saturated heterocycles. The zero-order valence-corrected chi connectivity index (χ0v) is 5.56. The Balaban J connectivity index is 2.88. The first-order valence-corrected chi connectivity index (χ1v) is 2.77. The number of benzene rings is 1. The van der Waals surface area contributed by atoms with E-state index in [1.54, 1.807) is 13.2 Å². The van der Waals surface area contributed by atoms with E-state index in [0.29, 0.717) is 0 Å². The summed E-state index contributed by atoms with van der Waals surface area (Å²) in [4.78, 5) is 0. The smallest absolute Gasteiger partial charge is 0.127 e. The Hall–Kier alpha value is -0.980. The van der Waals surface area contributed by atoms with E-state index in [9.17, 15) is 0 Å². The zero-order valence-electron chi connectivity index (χ0n) is 5.56. The molecule has 0 spiro atoms. The molecule has 0 aliphatic heterocycles. The summed E-state index contributed by atoms with van der Waals surface area (Å²) >= 11 is 0. The highest BCUT2D eigenvalue weighted by atomic mass is 16.5. The maximum atomic E-state index is 4.88. The Kier molecular flexibility index (Phi) is 1.73. The predicted molar refractivity (Wildman–Crippen MR) is 35.4 cm³/mol. The van der Waals surface area contributed by atoms with E-state index in [0.717, 1.165) is 11.3 Å². The van der Waals surface area contributed by atoms with Crippen LogP contribution in [0.3, 0.4) is 0 Å². The Morgan fingerprint density at radius 3 is 2.56 bits per heavy atom. The van der Waals surface area contributed by atoms with Crippen LogP contribution >= 0.6 is 0 Å². The second-order valence-corrected chi connectivity index (χ2v) is 1.83. The quantitative estimate of drug-likeness (QED) is 0.547. The van der Waals surface area contributed by atoms with Crippen LogP contribution in [0.1, 0.15) is 5.56 Å². The van der Waals surface area contributed by atoms with Gasteiger partial charge in [-0.2, -0.15) is 0 Å². The van der Waals surface area contributed by atoms with Gasteiger partial charge in [0.05, 0.1) is 7.11 Å². The molecule has 46 valence electrons. The molecule has 1 rings (SSSR count). The van der Waals surface area contributed by atoms with E-state index >= 15 is 0 Å². The first-order chi connectivity index (χ1) is 4.33. The van der Waals surface area contributed by atoms with Crippen LogP contribution in [0.4, 0.5) is 0 Å². The van der Waals surface area contributed by atoms with Crippen molar-refractivity contribution in [2.75, 3.05) is 7.11 Å². The fraction of sp³-hybridized carbons (Fsp3) is 0.250. The largest absolute Gasteiger partial charge is 0.496 e. The van der Waals surface area contributed by atoms with Crippen LogP contribution in [-0.4, -0.2) is 7.11 Å². The van der Waals surface area contributed by atoms with E-state index in [-0.39, 0.29) is 0 Å². The van der Waals surface area contributed by atoms with Crippen molar-refractivity contribution in [3.8, 4) is 5.75 Å². The van der Waals surface area contributed by atoms with Crippen LogP contribution in [0.25, 0.3) is 0 Å². The molecule has 0 unspecified atom stereocenters. The van der Waals surface area contributed by atoms with Gasteiger partial charge in [-0.05, 0) is 30.7 Å². The highest BCUT2D eigenvalue weighted by molar-refractivity contribution is 5.23. The van der Waals surface area contributed by atoms with Gasteiger partial charge in [-0.1, -0.05) is 0 Å². The van der Waals surface area contributed by atoms with Gasteiger partial charge in [-0.3, -0.25) is 0 Å². The fourth-order valence-electron chi connectivity index (χ4n) is 0.560. The first-order valence-electron chi connectivity index (χ1n) is 2.77. The number of ether oxygens (including phenoxy) is 1. The second kappa shape index (κ2) is 2.53. The van der Waals surface area contributed by atoms with Crippen LogP contribution in [0.15, 0.2) is 12.1 Å². The summed E-state index contributed by atoms with van der Waals surface area (Å²) in [6.45, 7) is 1.97. The van der Waals surface area contributed by atoms with E-state index in [1.807, 2.05) is 13.0 Å². The summed E-state index contributed by atoms with van der Waals surface area (Å²) in [6.07, 6.45) is 0. The molecule has 0 heterocycles. The third-order valence-corrected chi connectivity index (χ3v) is 1.08. The molecule has 1 aromatic carbocycles. The lowest BCUT2D eigenvalue weighted by molar-refractivity contribution is 0.413. The molecule has 0 saturated carbocycles. The molecule has 0 bridgehead atoms. The van der Waals surface area contributed by atoms with Crippen molar-refractivity contribution >= 4 is 0 Å². The van der Waals surface area contributed by atoms with Crippen LogP contribution < -0.4 is 4.74 Å². The van der Waals surface area contributed by atoms with Crippen molar-refractivity contribution < 1.29 is 4.74 Å². The van der Waals surface area contributed by atoms with Gasteiger partial charge < -0.3 is 4.74 Å². The lowest BCUT2D eigenvalue weighted by Crippen LogP contribution is -1.81. The van der Waals surface area contributed by atoms with E-state index in [1.165, 1.54) is 0 Å². The van der Waals surface area contributed by atoms with Crippen molar-refractivity contribution in [1.29, 1.82) is 0 Å². The summed E-state index contributed by atoms with van der Waals surface area (Å²) < 4.78 is 4.88. The third kappa shape index (κ3) is 1.46. The van der Waals surface area contributed by atoms with Crippen molar-refractivity contribution in [1.82, 2.24) is 0 Å². The summed E-state index contributed by atoms with van der Waals surface area (Å²) in [5.74, 6) is 0.737. The maximum Gasteiger partial charge on any atom is 0.127 e. The first kappa shape index (κ1) is 6.14. The molecule has 1 heteroatoms. The Morgan fingerprint density at radius 2 is 2.11 bits per heavy atom. The van der Waals surface area contributed by atoms with Gasteiger partial charge in [0, 0.05) is 6.07 Å². The third-order valence-electron chi connectivity index (χ3n) is 1.08. The maximum absolute atomic E-state index is 4.88. The van der Waals surface area contributed by atoms with E-state index in [2.05, 4.69) is 12.1 Å². The van der Waals surface area contributed by atoms with Crippen molar-refractivity contribution in [3.63, 3.8) is 0 Å². The number of hydrogen-bond donors (Lipinski definition) is 0. The molecular weight excluding hydrogens is 112 g/mol. The van der Waals surface area contributed by atoms with Crippen molar-refractivity contribution in [2.24, 2.45) is 0 Å². The SMILES string of the molecule is COc1[c]cc(C)[c]c1. The molecule has 0 amide bonds. The number of hydrogen-bond acceptors (Lipinski definition) is 1. The van der Waals surface area contributed by atoms with E-state index in [4.69, 9.17) is 4.74 Å². The van der Waals surface area contributed by atoms with Gasteiger partial charge in [0.25, 0.3) is 0 Å². The minimum absolute atomic E-state index is 0.737. The van der Waals surface area contributed by atoms with Crippen LogP contribution in [-0.2, 0) is 0 Å². The Morgan fingerprint density at radius 1 is 1.33 bits per heavy atom. The molecule has 1 aromatic rings. The van der Waals surface area contributed by atoms with E-state index < -0.39 is 0 Å². The lowest BCUT2D eigenvalue weighted by Gasteiger charge is -1.95. The van der Waals surface area contributed by atoms with Crippen LogP contribution in [0.5, 0.6) is 5.75 Å². The van der Waals surface area contributed by atoms with Gasteiger partial charge in [-0.15, -0.1) is 0 Å². The predicted octanol–water partition coefficient (Wildman–Crippen LogP) is 1.60. The molecule has 0 atom stereocenters. The van der Waals surface area contributed by atoms with Crippen LogP contribution in [0, 0.1) is 19.1 Å². The molecule has 1 nitrogen and oxygen atoms in total. The van der Waals surface area contributed by atoms with Crippen LogP contribution in [0.2, 0.25) is 0 Å². The van der Waals surface area contributed by atoms with Gasteiger partial charge in [-0.25, -0.2) is 0 Å². The molecule has 0 aliphatic carbocycles. The molecule has 0 N–H and O–H groups in total. The highest BCUT2D eigenvalue weighted by Gasteiger charge is 1.87. The molecule has 2 radical (unpaired) electrons. The fourth-order valence-corrected chi connectivity index (χ4v) is 0.560. The summed E-state index contributed by atoms with van der Waals surface area (Å²) in [6, 6.07) is 9.55. The monoisotopic (exact) mass is 120 g/mol. The molecule has 9 heavy (non-hydrogen) atoms. The van der Waals surface area contributed by atoms with Gasteiger partial charge in [0.1, 0.15) is 5.75 Å². The molecule has 0 aliphatic rings. The van der Waals surface area contributed by atoms with Crippen molar-refractivity contribution in [2.45, 2.75) is 6.92 Å². The minimum Gasteiger partial charge on any atom is -0.496 e. The molecular formula is C8H8O. The normalized spacial score (nSPS) is 9.11. The summed E-state index contributed by atoms with van der Waals surface area (Å²) in [5, 5.41) is 0. The summed E-state index contributed by atoms with van der Waals surface area (Å²) in [5.41, 5.74) is 1.08. The number of methoxy groups -OCH3 is 1. The van der Waals surface area contributed by atoms with Gasteiger partial charge in [0.15, 0.2) is 0 Å². The number of aryl methyl sites for hydroxylation is 1. The Labute approximate surface area is 55.3 Å². The zero-order chi connectivity index (χ0) is 6.69. The lowest BCUT2D eigenvalue weighted by atomic mass is 10.2. The van der Waals surface area contributed by atoms with Gasteiger partial charge in [0.2, 0.25) is 0 Å². The second-order valence-electron chi connectivity index (χ2n) is 1.83. The highest BCUT2D eigenvalue weighted by Crippen LogP contribution is 2.07. The van der Waals surface area contributed by atoms with Gasteiger partial charge >= 0.3 is 0 Å². The average Bonchev–Trinajstić information content (AvgIpc) is 1.90.